The Labute approximate surface area is 152 Å². The second-order valence-electron chi connectivity index (χ2n) is 5.69. The van der Waals surface area contributed by atoms with Crippen molar-refractivity contribution in [3.63, 3.8) is 0 Å². The molecule has 0 spiro atoms. The number of carbonyl (C=O) groups is 1. The van der Waals surface area contributed by atoms with Gasteiger partial charge >= 0.3 is 0 Å². The van der Waals surface area contributed by atoms with E-state index in [9.17, 15) is 18.4 Å². The van der Waals surface area contributed by atoms with Gasteiger partial charge in [0.1, 0.15) is 5.52 Å². The highest BCUT2D eigenvalue weighted by Crippen LogP contribution is 2.09. The first-order chi connectivity index (χ1) is 13.0. The van der Waals surface area contributed by atoms with Gasteiger partial charge in [0.25, 0.3) is 11.5 Å². The lowest BCUT2D eigenvalue weighted by molar-refractivity contribution is 0.0943. The summed E-state index contributed by atoms with van der Waals surface area (Å²) in [6.45, 7) is 0.376. The van der Waals surface area contributed by atoms with Crippen LogP contribution < -0.4 is 10.9 Å². The molecule has 0 aliphatic heterocycles. The number of pyridine rings is 1. The van der Waals surface area contributed by atoms with Gasteiger partial charge in [0.2, 0.25) is 0 Å². The van der Waals surface area contributed by atoms with E-state index >= 15 is 0 Å². The number of methoxy groups -OCH3 is 1. The van der Waals surface area contributed by atoms with Crippen molar-refractivity contribution < 1.29 is 18.3 Å². The molecule has 1 N–H and O–H groups in total. The van der Waals surface area contributed by atoms with E-state index < -0.39 is 23.1 Å². The van der Waals surface area contributed by atoms with Gasteiger partial charge in [-0.15, -0.1) is 0 Å². The van der Waals surface area contributed by atoms with Crippen molar-refractivity contribution in [1.82, 2.24) is 19.9 Å². The van der Waals surface area contributed by atoms with Crippen LogP contribution in [0, 0.1) is 11.6 Å². The third-order valence-electron chi connectivity index (χ3n) is 3.87. The van der Waals surface area contributed by atoms with Gasteiger partial charge < -0.3 is 10.1 Å². The molecular formula is C18H16F2N4O3. The second kappa shape index (κ2) is 8.00. The minimum atomic E-state index is -1.02. The maximum absolute atomic E-state index is 13.3. The van der Waals surface area contributed by atoms with Crippen molar-refractivity contribution in [3.05, 3.63) is 69.8 Å². The van der Waals surface area contributed by atoms with Gasteiger partial charge in [-0.2, -0.15) is 0 Å². The first-order valence-corrected chi connectivity index (χ1v) is 8.08. The molecule has 3 rings (SSSR count). The van der Waals surface area contributed by atoms with Gasteiger partial charge in [-0.05, 0) is 29.8 Å². The van der Waals surface area contributed by atoms with Crippen LogP contribution in [-0.2, 0) is 17.8 Å². The summed E-state index contributed by atoms with van der Waals surface area (Å²) in [5.41, 5.74) is 0.155. The van der Waals surface area contributed by atoms with Crippen LogP contribution in [0.15, 0.2) is 41.3 Å². The standard InChI is InChI=1S/C18H16F2N4O3/c1-27-8-7-24-16-14(3-2-6-21-16)23-15(18(24)26)17(25)22-10-11-4-5-12(19)13(20)9-11/h2-6,9H,7-8,10H2,1H3,(H,22,25). The molecule has 0 aliphatic carbocycles. The molecule has 0 aliphatic rings. The summed E-state index contributed by atoms with van der Waals surface area (Å²) in [7, 11) is 1.50. The van der Waals surface area contributed by atoms with E-state index in [1.807, 2.05) is 0 Å². The fourth-order valence-electron chi connectivity index (χ4n) is 2.53. The molecule has 0 saturated carbocycles. The number of halogens is 2. The molecular weight excluding hydrogens is 358 g/mol. The van der Waals surface area contributed by atoms with Gasteiger partial charge in [-0.25, -0.2) is 18.7 Å². The number of carbonyl (C=O) groups excluding carboxylic acids is 1. The normalized spacial score (nSPS) is 10.9. The first kappa shape index (κ1) is 18.6. The zero-order valence-corrected chi connectivity index (χ0v) is 14.4. The molecule has 9 heteroatoms. The highest BCUT2D eigenvalue weighted by atomic mass is 19.2. The van der Waals surface area contributed by atoms with E-state index in [1.165, 1.54) is 23.9 Å². The molecule has 1 amide bonds. The minimum absolute atomic E-state index is 0.0830. The Hall–Kier alpha value is -3.20. The molecule has 0 saturated heterocycles. The number of nitrogens with zero attached hydrogens (tertiary/aromatic N) is 3. The van der Waals surface area contributed by atoms with Gasteiger partial charge in [0.05, 0.1) is 13.2 Å². The Morgan fingerprint density at radius 2 is 2.07 bits per heavy atom. The smallest absolute Gasteiger partial charge is 0.283 e. The highest BCUT2D eigenvalue weighted by Gasteiger charge is 2.18. The molecule has 0 bridgehead atoms. The molecule has 0 unspecified atom stereocenters. The van der Waals surface area contributed by atoms with Crippen molar-refractivity contribution in [1.29, 1.82) is 0 Å². The predicted octanol–water partition coefficient (Wildman–Crippen LogP) is 1.65. The van der Waals surface area contributed by atoms with E-state index in [1.54, 1.807) is 12.1 Å². The molecule has 3 aromatic rings. The minimum Gasteiger partial charge on any atom is -0.383 e. The summed E-state index contributed by atoms with van der Waals surface area (Å²) in [6, 6.07) is 6.56. The third-order valence-corrected chi connectivity index (χ3v) is 3.87. The number of aromatic nitrogens is 3. The lowest BCUT2D eigenvalue weighted by Crippen LogP contribution is -2.35. The number of benzene rings is 1. The number of nitrogens with one attached hydrogen (secondary N) is 1. The number of hydrogen-bond donors (Lipinski definition) is 1. The number of fused-ring (bicyclic) bond motifs is 1. The molecule has 0 radical (unpaired) electrons. The van der Waals surface area contributed by atoms with E-state index in [0.29, 0.717) is 16.7 Å². The number of hydrogen-bond acceptors (Lipinski definition) is 5. The summed E-state index contributed by atoms with van der Waals surface area (Å²) in [6.07, 6.45) is 1.52. The Morgan fingerprint density at radius 3 is 2.81 bits per heavy atom. The molecule has 1 aromatic carbocycles. The van der Waals surface area contributed by atoms with Crippen molar-refractivity contribution >= 4 is 17.1 Å². The van der Waals surface area contributed by atoms with E-state index in [0.717, 1.165) is 12.1 Å². The Morgan fingerprint density at radius 1 is 1.26 bits per heavy atom. The summed E-state index contributed by atoms with van der Waals surface area (Å²) in [5, 5.41) is 2.50. The Bertz CT molecular complexity index is 1050. The lowest BCUT2D eigenvalue weighted by atomic mass is 10.2. The SMILES string of the molecule is COCCn1c(=O)c(C(=O)NCc2ccc(F)c(F)c2)nc2cccnc21. The summed E-state index contributed by atoms with van der Waals surface area (Å²) in [4.78, 5) is 33.4. The van der Waals surface area contributed by atoms with Crippen LogP contribution in [0.25, 0.3) is 11.2 Å². The van der Waals surface area contributed by atoms with Gasteiger partial charge in [-0.1, -0.05) is 6.07 Å². The van der Waals surface area contributed by atoms with E-state index in [2.05, 4.69) is 15.3 Å². The zero-order valence-electron chi connectivity index (χ0n) is 14.4. The predicted molar refractivity (Wildman–Crippen MR) is 93.2 cm³/mol. The molecule has 7 nitrogen and oxygen atoms in total. The zero-order chi connectivity index (χ0) is 19.4. The van der Waals surface area contributed by atoms with Crippen LogP contribution in [-0.4, -0.2) is 34.2 Å². The van der Waals surface area contributed by atoms with E-state index in [4.69, 9.17) is 4.74 Å². The van der Waals surface area contributed by atoms with Crippen molar-refractivity contribution in [3.8, 4) is 0 Å². The molecule has 27 heavy (non-hydrogen) atoms. The summed E-state index contributed by atoms with van der Waals surface area (Å²) >= 11 is 0. The molecule has 0 atom stereocenters. The van der Waals surface area contributed by atoms with Crippen LogP contribution in [0.5, 0.6) is 0 Å². The Balaban J connectivity index is 1.90. The van der Waals surface area contributed by atoms with Crippen molar-refractivity contribution in [2.75, 3.05) is 13.7 Å². The Kier molecular flexibility index (Phi) is 5.51. The number of rotatable bonds is 6. The average molecular weight is 374 g/mol. The maximum Gasteiger partial charge on any atom is 0.283 e. The average Bonchev–Trinajstić information content (AvgIpc) is 2.67. The summed E-state index contributed by atoms with van der Waals surface area (Å²) in [5.74, 6) is -2.71. The monoisotopic (exact) mass is 374 g/mol. The summed E-state index contributed by atoms with van der Waals surface area (Å²) < 4.78 is 32.6. The van der Waals surface area contributed by atoms with Crippen LogP contribution in [0.4, 0.5) is 8.78 Å². The number of ether oxygens (including phenoxy) is 1. The molecule has 0 fully saturated rings. The third kappa shape index (κ3) is 3.98. The van der Waals surface area contributed by atoms with Gasteiger partial charge in [0.15, 0.2) is 23.0 Å². The quantitative estimate of drug-likeness (QED) is 0.709. The van der Waals surface area contributed by atoms with E-state index in [-0.39, 0.29) is 25.4 Å². The van der Waals surface area contributed by atoms with Crippen molar-refractivity contribution in [2.24, 2.45) is 0 Å². The highest BCUT2D eigenvalue weighted by molar-refractivity contribution is 5.93. The molecule has 2 heterocycles. The van der Waals surface area contributed by atoms with Crippen LogP contribution in [0.3, 0.4) is 0 Å². The molecule has 140 valence electrons. The second-order valence-corrected chi connectivity index (χ2v) is 5.69. The van der Waals surface area contributed by atoms with Gasteiger partial charge in [0, 0.05) is 19.9 Å². The topological polar surface area (TPSA) is 86.1 Å². The van der Waals surface area contributed by atoms with Crippen LogP contribution in [0.1, 0.15) is 16.1 Å². The van der Waals surface area contributed by atoms with Crippen LogP contribution >= 0.6 is 0 Å². The molecule has 2 aromatic heterocycles. The fourth-order valence-corrected chi connectivity index (χ4v) is 2.53. The maximum atomic E-state index is 13.3. The first-order valence-electron chi connectivity index (χ1n) is 8.08. The van der Waals surface area contributed by atoms with Gasteiger partial charge in [-0.3, -0.25) is 14.2 Å². The fraction of sp³-hybridized carbons (Fsp3) is 0.222. The van der Waals surface area contributed by atoms with Crippen molar-refractivity contribution in [2.45, 2.75) is 13.1 Å². The largest absolute Gasteiger partial charge is 0.383 e. The lowest BCUT2D eigenvalue weighted by Gasteiger charge is -2.11. The number of amides is 1. The van der Waals surface area contributed by atoms with Crippen LogP contribution in [0.2, 0.25) is 0 Å².